The van der Waals surface area contributed by atoms with Crippen LogP contribution < -0.4 is 0 Å². The van der Waals surface area contributed by atoms with Gasteiger partial charge in [-0.05, 0) is 61.4 Å². The summed E-state index contributed by atoms with van der Waals surface area (Å²) in [6.07, 6.45) is 8.13. The fourth-order valence-electron chi connectivity index (χ4n) is 3.86. The second kappa shape index (κ2) is 7.04. The molecule has 0 amide bonds. The first-order valence-corrected chi connectivity index (χ1v) is 9.98. The van der Waals surface area contributed by atoms with E-state index in [4.69, 9.17) is 0 Å². The van der Waals surface area contributed by atoms with Gasteiger partial charge in [0.1, 0.15) is 0 Å². The second-order valence-corrected chi connectivity index (χ2v) is 7.56. The Labute approximate surface area is 148 Å². The number of hydrogen-bond acceptors (Lipinski definition) is 2. The highest BCUT2D eigenvalue weighted by Gasteiger charge is 2.25. The van der Waals surface area contributed by atoms with E-state index >= 15 is 0 Å². The number of rotatable bonds is 5. The lowest BCUT2D eigenvalue weighted by molar-refractivity contribution is 0.244. The average Bonchev–Trinajstić information content (AvgIpc) is 3.23. The minimum Gasteiger partial charge on any atom is -0.361 e. The molecule has 0 spiro atoms. The molecule has 124 valence electrons. The van der Waals surface area contributed by atoms with Crippen LogP contribution in [0.4, 0.5) is 0 Å². The van der Waals surface area contributed by atoms with E-state index in [1.54, 1.807) is 0 Å². The van der Waals surface area contributed by atoms with E-state index in [0.29, 0.717) is 6.04 Å². The SMILES string of the molecule is CSc1ccc2[nH]cc(C[C@H]3CCCN3Cc3ccccc3)c2c1. The summed E-state index contributed by atoms with van der Waals surface area (Å²) in [7, 11) is 0. The van der Waals surface area contributed by atoms with Gasteiger partial charge in [-0.1, -0.05) is 30.3 Å². The third-order valence-corrected chi connectivity index (χ3v) is 5.88. The predicted octanol–water partition coefficient (Wildman–Crippen LogP) is 5.10. The molecule has 1 atom stereocenters. The number of nitrogens with one attached hydrogen (secondary N) is 1. The van der Waals surface area contributed by atoms with Crippen LogP contribution in [0.2, 0.25) is 0 Å². The Balaban J connectivity index is 1.53. The summed E-state index contributed by atoms with van der Waals surface area (Å²) < 4.78 is 0. The van der Waals surface area contributed by atoms with Crippen LogP contribution in [0, 0.1) is 0 Å². The van der Waals surface area contributed by atoms with Crippen LogP contribution >= 0.6 is 11.8 Å². The van der Waals surface area contributed by atoms with Crippen LogP contribution in [0.1, 0.15) is 24.0 Å². The second-order valence-electron chi connectivity index (χ2n) is 6.68. The summed E-state index contributed by atoms with van der Waals surface area (Å²) >= 11 is 1.82. The zero-order valence-corrected chi connectivity index (χ0v) is 15.0. The first-order valence-electron chi connectivity index (χ1n) is 8.75. The molecule has 3 heteroatoms. The summed E-state index contributed by atoms with van der Waals surface area (Å²) in [5, 5.41) is 1.40. The predicted molar refractivity (Wildman–Crippen MR) is 104 cm³/mol. The molecular weight excluding hydrogens is 312 g/mol. The van der Waals surface area contributed by atoms with E-state index in [-0.39, 0.29) is 0 Å². The van der Waals surface area contributed by atoms with Crippen molar-refractivity contribution in [3.8, 4) is 0 Å². The molecule has 1 aliphatic rings. The molecule has 1 aliphatic heterocycles. The van der Waals surface area contributed by atoms with Crippen molar-refractivity contribution >= 4 is 22.7 Å². The van der Waals surface area contributed by atoms with Crippen LogP contribution in [0.3, 0.4) is 0 Å². The average molecular weight is 337 g/mol. The summed E-state index contributed by atoms with van der Waals surface area (Å²) in [4.78, 5) is 7.45. The summed E-state index contributed by atoms with van der Waals surface area (Å²) in [6, 6.07) is 18.3. The fourth-order valence-corrected chi connectivity index (χ4v) is 4.30. The van der Waals surface area contributed by atoms with Crippen molar-refractivity contribution in [1.29, 1.82) is 0 Å². The van der Waals surface area contributed by atoms with Gasteiger partial charge in [0.25, 0.3) is 0 Å². The molecule has 0 bridgehead atoms. The van der Waals surface area contributed by atoms with Crippen molar-refractivity contribution < 1.29 is 0 Å². The van der Waals surface area contributed by atoms with E-state index in [0.717, 1.165) is 13.0 Å². The third-order valence-electron chi connectivity index (χ3n) is 5.16. The van der Waals surface area contributed by atoms with Gasteiger partial charge in [0, 0.05) is 34.6 Å². The molecule has 0 saturated carbocycles. The Morgan fingerprint density at radius 1 is 1.17 bits per heavy atom. The highest BCUT2D eigenvalue weighted by atomic mass is 32.2. The largest absolute Gasteiger partial charge is 0.361 e. The van der Waals surface area contributed by atoms with Gasteiger partial charge >= 0.3 is 0 Å². The van der Waals surface area contributed by atoms with Crippen molar-refractivity contribution in [1.82, 2.24) is 9.88 Å². The highest BCUT2D eigenvalue weighted by molar-refractivity contribution is 7.98. The highest BCUT2D eigenvalue weighted by Crippen LogP contribution is 2.29. The van der Waals surface area contributed by atoms with E-state index in [9.17, 15) is 0 Å². The van der Waals surface area contributed by atoms with Crippen molar-refractivity contribution in [2.24, 2.45) is 0 Å². The van der Waals surface area contributed by atoms with Crippen molar-refractivity contribution in [3.63, 3.8) is 0 Å². The Kier molecular flexibility index (Phi) is 4.63. The van der Waals surface area contributed by atoms with Gasteiger partial charge in [0.15, 0.2) is 0 Å². The number of benzene rings is 2. The number of fused-ring (bicyclic) bond motifs is 1. The van der Waals surface area contributed by atoms with Crippen molar-refractivity contribution in [3.05, 3.63) is 65.9 Å². The van der Waals surface area contributed by atoms with Crippen LogP contribution in [-0.4, -0.2) is 28.7 Å². The van der Waals surface area contributed by atoms with E-state index < -0.39 is 0 Å². The lowest BCUT2D eigenvalue weighted by atomic mass is 10.0. The maximum atomic E-state index is 3.45. The molecule has 1 N–H and O–H groups in total. The van der Waals surface area contributed by atoms with Gasteiger partial charge in [-0.3, -0.25) is 4.90 Å². The van der Waals surface area contributed by atoms with Crippen LogP contribution in [-0.2, 0) is 13.0 Å². The molecule has 0 unspecified atom stereocenters. The number of H-pyrrole nitrogens is 1. The minimum atomic E-state index is 0.655. The molecule has 24 heavy (non-hydrogen) atoms. The molecule has 2 heterocycles. The topological polar surface area (TPSA) is 19.0 Å². The maximum Gasteiger partial charge on any atom is 0.0457 e. The zero-order chi connectivity index (χ0) is 16.4. The molecule has 1 saturated heterocycles. The fraction of sp³-hybridized carbons (Fsp3) is 0.333. The van der Waals surface area contributed by atoms with Crippen LogP contribution in [0.5, 0.6) is 0 Å². The van der Waals surface area contributed by atoms with Gasteiger partial charge in [-0.25, -0.2) is 0 Å². The summed E-state index contributed by atoms with van der Waals surface area (Å²) in [6.45, 7) is 2.29. The maximum absolute atomic E-state index is 3.45. The Morgan fingerprint density at radius 3 is 2.88 bits per heavy atom. The molecule has 2 aromatic carbocycles. The first kappa shape index (κ1) is 15.8. The number of aromatic nitrogens is 1. The molecule has 1 fully saturated rings. The normalized spacial score (nSPS) is 18.5. The Hall–Kier alpha value is -1.71. The number of aromatic amines is 1. The van der Waals surface area contributed by atoms with Crippen molar-refractivity contribution in [2.75, 3.05) is 12.8 Å². The molecule has 4 rings (SSSR count). The van der Waals surface area contributed by atoms with Gasteiger partial charge < -0.3 is 4.98 Å². The lowest BCUT2D eigenvalue weighted by Gasteiger charge is -2.24. The molecular formula is C21H24N2S. The lowest BCUT2D eigenvalue weighted by Crippen LogP contribution is -2.30. The standard InChI is InChI=1S/C21H24N2S/c1-24-19-9-10-21-20(13-19)17(14-22-21)12-18-8-5-11-23(18)15-16-6-3-2-4-7-16/h2-4,6-7,9-10,13-14,18,22H,5,8,11-12,15H2,1H3/t18-/m1/s1. The zero-order valence-electron chi connectivity index (χ0n) is 14.2. The molecule has 0 aliphatic carbocycles. The van der Waals surface area contributed by atoms with Crippen molar-refractivity contribution in [2.45, 2.75) is 36.7 Å². The van der Waals surface area contributed by atoms with Crippen LogP contribution in [0.15, 0.2) is 59.6 Å². The van der Waals surface area contributed by atoms with Gasteiger partial charge in [0.05, 0.1) is 0 Å². The van der Waals surface area contributed by atoms with E-state index in [1.165, 1.54) is 46.3 Å². The van der Waals surface area contributed by atoms with E-state index in [1.807, 2.05) is 11.8 Å². The molecule has 0 radical (unpaired) electrons. The van der Waals surface area contributed by atoms with Gasteiger partial charge in [-0.2, -0.15) is 0 Å². The molecule has 1 aromatic heterocycles. The van der Waals surface area contributed by atoms with Crippen LogP contribution in [0.25, 0.3) is 10.9 Å². The number of hydrogen-bond donors (Lipinski definition) is 1. The first-order chi connectivity index (χ1) is 11.8. The molecule has 3 aromatic rings. The molecule has 2 nitrogen and oxygen atoms in total. The Bertz CT molecular complexity index is 809. The number of likely N-dealkylation sites (tertiary alicyclic amines) is 1. The number of nitrogens with zero attached hydrogens (tertiary/aromatic N) is 1. The number of thioether (sulfide) groups is 1. The summed E-state index contributed by atoms with van der Waals surface area (Å²) in [5.74, 6) is 0. The third kappa shape index (κ3) is 3.24. The monoisotopic (exact) mass is 336 g/mol. The Morgan fingerprint density at radius 2 is 2.04 bits per heavy atom. The van der Waals surface area contributed by atoms with Gasteiger partial charge in [0.2, 0.25) is 0 Å². The quantitative estimate of drug-likeness (QED) is 0.654. The smallest absolute Gasteiger partial charge is 0.0457 e. The minimum absolute atomic E-state index is 0.655. The van der Waals surface area contributed by atoms with E-state index in [2.05, 4.69) is 70.9 Å². The van der Waals surface area contributed by atoms with Gasteiger partial charge in [-0.15, -0.1) is 11.8 Å². The summed E-state index contributed by atoms with van der Waals surface area (Å²) in [5.41, 5.74) is 4.15.